The molecular weight excluding hydrogens is 432 g/mol. The van der Waals surface area contributed by atoms with E-state index in [1.165, 1.54) is 13.0 Å². The first kappa shape index (κ1) is 20.9. The van der Waals surface area contributed by atoms with Crippen molar-refractivity contribution in [3.05, 3.63) is 76.4 Å². The molecule has 0 aliphatic carbocycles. The highest BCUT2D eigenvalue weighted by Gasteiger charge is 2.29. The molecule has 0 unspecified atom stereocenters. The number of ether oxygens (including phenoxy) is 1. The van der Waals surface area contributed by atoms with Crippen LogP contribution in [0.1, 0.15) is 5.56 Å². The van der Waals surface area contributed by atoms with E-state index in [0.717, 1.165) is 25.3 Å². The zero-order chi connectivity index (χ0) is 22.8. The number of halogens is 8. The summed E-state index contributed by atoms with van der Waals surface area (Å²) in [4.78, 5) is 0. The van der Waals surface area contributed by atoms with Gasteiger partial charge in [0.25, 0.3) is 0 Å². The van der Waals surface area contributed by atoms with Crippen molar-refractivity contribution in [1.29, 1.82) is 0 Å². The number of rotatable bonds is 2. The molecule has 160 valence electrons. The van der Waals surface area contributed by atoms with Gasteiger partial charge in [-0.25, -0.2) is 35.1 Å². The Kier molecular flexibility index (Phi) is 4.79. The molecule has 0 N–H and O–H groups in total. The minimum atomic E-state index is -2.14. The van der Waals surface area contributed by atoms with Crippen molar-refractivity contribution in [3.63, 3.8) is 0 Å². The quantitative estimate of drug-likeness (QED) is 0.183. The highest BCUT2D eigenvalue weighted by atomic mass is 19.2. The van der Waals surface area contributed by atoms with E-state index < -0.39 is 79.2 Å². The van der Waals surface area contributed by atoms with Crippen LogP contribution in [-0.4, -0.2) is 7.11 Å². The second-order valence-electron chi connectivity index (χ2n) is 6.76. The van der Waals surface area contributed by atoms with Gasteiger partial charge in [-0.3, -0.25) is 0 Å². The molecule has 0 atom stereocenters. The normalized spacial score (nSPS) is 11.5. The topological polar surface area (TPSA) is 9.23 Å². The molecule has 4 aromatic rings. The summed E-state index contributed by atoms with van der Waals surface area (Å²) in [6, 6.07) is 4.16. The highest BCUT2D eigenvalue weighted by molar-refractivity contribution is 6.09. The van der Waals surface area contributed by atoms with Crippen LogP contribution in [0.25, 0.3) is 32.7 Å². The van der Waals surface area contributed by atoms with Crippen molar-refractivity contribution >= 4 is 21.5 Å². The largest absolute Gasteiger partial charge is 0.496 e. The summed E-state index contributed by atoms with van der Waals surface area (Å²) >= 11 is 0. The van der Waals surface area contributed by atoms with Gasteiger partial charge in [-0.05, 0) is 24.6 Å². The minimum Gasteiger partial charge on any atom is -0.496 e. The Bertz CT molecular complexity index is 1410. The number of fused-ring (bicyclic) bond motifs is 2. The van der Waals surface area contributed by atoms with Crippen LogP contribution in [0.15, 0.2) is 24.3 Å². The molecule has 0 aliphatic rings. The van der Waals surface area contributed by atoms with Crippen LogP contribution >= 0.6 is 0 Å². The van der Waals surface area contributed by atoms with E-state index in [2.05, 4.69) is 0 Å². The van der Waals surface area contributed by atoms with Crippen molar-refractivity contribution in [3.8, 4) is 16.9 Å². The van der Waals surface area contributed by atoms with E-state index in [-0.39, 0.29) is 11.3 Å². The second kappa shape index (κ2) is 7.11. The zero-order valence-electron chi connectivity index (χ0n) is 15.7. The van der Waals surface area contributed by atoms with Crippen LogP contribution in [0.4, 0.5) is 35.1 Å². The third kappa shape index (κ3) is 2.75. The van der Waals surface area contributed by atoms with Crippen molar-refractivity contribution in [2.45, 2.75) is 6.92 Å². The first-order chi connectivity index (χ1) is 14.6. The van der Waals surface area contributed by atoms with Crippen LogP contribution < -0.4 is 4.74 Å². The molecule has 0 bridgehead atoms. The predicted molar refractivity (Wildman–Crippen MR) is 97.8 cm³/mol. The summed E-state index contributed by atoms with van der Waals surface area (Å²) in [6.45, 7) is 1.35. The van der Waals surface area contributed by atoms with Gasteiger partial charge in [0.05, 0.1) is 7.11 Å². The molecule has 0 aromatic heterocycles. The Morgan fingerprint density at radius 2 is 0.935 bits per heavy atom. The van der Waals surface area contributed by atoms with E-state index in [1.54, 1.807) is 0 Å². The van der Waals surface area contributed by atoms with Crippen LogP contribution in [0.3, 0.4) is 0 Å². The van der Waals surface area contributed by atoms with Crippen LogP contribution in [0.5, 0.6) is 5.75 Å². The standard InChI is InChI=1S/C22H10F8O/c1-7-3-4-8-12(17(25)21(29)19(27)15(8)23)11(7)14-10(31-2)6-5-9-13(14)18(26)22(30)20(28)16(9)24/h3-6H,1-2H3. The maximum atomic E-state index is 14.8. The van der Waals surface area contributed by atoms with Gasteiger partial charge in [-0.1, -0.05) is 12.1 Å². The maximum Gasteiger partial charge on any atom is 0.198 e. The molecule has 0 heterocycles. The fourth-order valence-electron chi connectivity index (χ4n) is 3.69. The zero-order valence-corrected chi connectivity index (χ0v) is 15.7. The predicted octanol–water partition coefficient (Wildman–Crippen LogP) is 7.09. The Morgan fingerprint density at radius 3 is 1.42 bits per heavy atom. The lowest BCUT2D eigenvalue weighted by molar-refractivity contribution is 0.412. The second-order valence-corrected chi connectivity index (χ2v) is 6.76. The molecule has 0 aliphatic heterocycles. The molecule has 0 saturated carbocycles. The molecule has 4 aromatic carbocycles. The monoisotopic (exact) mass is 442 g/mol. The van der Waals surface area contributed by atoms with Crippen molar-refractivity contribution in [2.24, 2.45) is 0 Å². The van der Waals surface area contributed by atoms with Gasteiger partial charge < -0.3 is 4.74 Å². The molecule has 4 rings (SSSR count). The Labute approximate surface area is 169 Å². The van der Waals surface area contributed by atoms with Crippen molar-refractivity contribution < 1.29 is 39.9 Å². The van der Waals surface area contributed by atoms with E-state index in [4.69, 9.17) is 4.74 Å². The first-order valence-corrected chi connectivity index (χ1v) is 8.70. The van der Waals surface area contributed by atoms with Crippen LogP contribution in [0.2, 0.25) is 0 Å². The number of methoxy groups -OCH3 is 1. The Balaban J connectivity index is 2.35. The van der Waals surface area contributed by atoms with Gasteiger partial charge in [-0.2, -0.15) is 0 Å². The minimum absolute atomic E-state index is 0.0900. The average Bonchev–Trinajstić information content (AvgIpc) is 2.77. The first-order valence-electron chi connectivity index (χ1n) is 8.70. The fraction of sp³-hybridized carbons (Fsp3) is 0.0909. The summed E-state index contributed by atoms with van der Waals surface area (Å²) in [5, 5.41) is -3.05. The molecular formula is C22H10F8O. The van der Waals surface area contributed by atoms with Gasteiger partial charge in [0.1, 0.15) is 5.75 Å². The summed E-state index contributed by atoms with van der Waals surface area (Å²) in [7, 11) is 1.11. The average molecular weight is 442 g/mol. The Morgan fingerprint density at radius 1 is 0.516 bits per heavy atom. The molecule has 0 amide bonds. The lowest BCUT2D eigenvalue weighted by atomic mass is 9.89. The summed E-state index contributed by atoms with van der Waals surface area (Å²) in [5.41, 5.74) is -0.797. The molecule has 9 heteroatoms. The summed E-state index contributed by atoms with van der Waals surface area (Å²) in [6.07, 6.45) is 0. The van der Waals surface area contributed by atoms with Crippen molar-refractivity contribution in [2.75, 3.05) is 7.11 Å². The highest BCUT2D eigenvalue weighted by Crippen LogP contribution is 2.46. The third-order valence-corrected chi connectivity index (χ3v) is 5.12. The number of aryl methyl sites for hydroxylation is 1. The number of hydrogen-bond donors (Lipinski definition) is 0. The van der Waals surface area contributed by atoms with E-state index in [1.807, 2.05) is 0 Å². The van der Waals surface area contributed by atoms with Crippen LogP contribution in [0, 0.1) is 53.5 Å². The van der Waals surface area contributed by atoms with Crippen LogP contribution in [-0.2, 0) is 0 Å². The smallest absolute Gasteiger partial charge is 0.198 e. The summed E-state index contributed by atoms with van der Waals surface area (Å²) in [5.74, 6) is -15.7. The molecule has 0 saturated heterocycles. The van der Waals surface area contributed by atoms with Gasteiger partial charge in [0, 0.05) is 32.7 Å². The molecule has 31 heavy (non-hydrogen) atoms. The number of benzene rings is 4. The Hall–Kier alpha value is -3.36. The third-order valence-electron chi connectivity index (χ3n) is 5.12. The van der Waals surface area contributed by atoms with Gasteiger partial charge in [-0.15, -0.1) is 0 Å². The molecule has 0 fully saturated rings. The van der Waals surface area contributed by atoms with E-state index in [9.17, 15) is 35.1 Å². The van der Waals surface area contributed by atoms with Gasteiger partial charge >= 0.3 is 0 Å². The lowest BCUT2D eigenvalue weighted by Gasteiger charge is -2.19. The summed E-state index contributed by atoms with van der Waals surface area (Å²) < 4.78 is 119. The SMILES string of the molecule is COc1ccc2c(F)c(F)c(F)c(F)c2c1-c1c(C)ccc2c(F)c(F)c(F)c(F)c12. The van der Waals surface area contributed by atoms with Crippen molar-refractivity contribution in [1.82, 2.24) is 0 Å². The molecule has 1 nitrogen and oxygen atoms in total. The maximum absolute atomic E-state index is 14.8. The fourth-order valence-corrected chi connectivity index (χ4v) is 3.69. The van der Waals surface area contributed by atoms with Gasteiger partial charge in [0.2, 0.25) is 0 Å². The lowest BCUT2D eigenvalue weighted by Crippen LogP contribution is -2.04. The molecule has 0 radical (unpaired) electrons. The van der Waals surface area contributed by atoms with E-state index >= 15 is 0 Å². The number of hydrogen-bond acceptors (Lipinski definition) is 1. The van der Waals surface area contributed by atoms with Gasteiger partial charge in [0.15, 0.2) is 46.5 Å². The molecule has 0 spiro atoms. The van der Waals surface area contributed by atoms with E-state index in [0.29, 0.717) is 0 Å².